The molecule has 1 aromatic carbocycles. The summed E-state index contributed by atoms with van der Waals surface area (Å²) in [5.41, 5.74) is 3.85. The number of hydrogen-bond acceptors (Lipinski definition) is 4. The zero-order valence-electron chi connectivity index (χ0n) is 14.0. The van der Waals surface area contributed by atoms with E-state index in [-0.39, 0.29) is 5.79 Å². The fourth-order valence-corrected chi connectivity index (χ4v) is 4.61. The molecule has 0 N–H and O–H groups in total. The second-order valence-corrected chi connectivity index (χ2v) is 7.10. The van der Waals surface area contributed by atoms with Crippen LogP contribution < -0.4 is 4.90 Å². The van der Waals surface area contributed by atoms with Gasteiger partial charge in [0.25, 0.3) is 0 Å². The van der Waals surface area contributed by atoms with E-state index >= 15 is 0 Å². The van der Waals surface area contributed by atoms with Crippen molar-refractivity contribution in [2.24, 2.45) is 0 Å². The molecular weight excluding hydrogens is 300 g/mol. The predicted molar refractivity (Wildman–Crippen MR) is 94.8 cm³/mol. The minimum atomic E-state index is -0.294. The van der Waals surface area contributed by atoms with Crippen LogP contribution in [0.4, 0.5) is 5.69 Å². The van der Waals surface area contributed by atoms with E-state index in [1.807, 2.05) is 12.4 Å². The summed E-state index contributed by atoms with van der Waals surface area (Å²) in [5, 5.41) is 2.54. The van der Waals surface area contributed by atoms with Gasteiger partial charge in [-0.1, -0.05) is 12.1 Å². The van der Waals surface area contributed by atoms with Crippen molar-refractivity contribution in [1.82, 2.24) is 4.98 Å². The topological polar surface area (TPSA) is 34.6 Å². The molecule has 1 saturated carbocycles. The molecule has 2 fully saturated rings. The Labute approximate surface area is 142 Å². The van der Waals surface area contributed by atoms with Gasteiger partial charge in [0.05, 0.1) is 13.2 Å². The van der Waals surface area contributed by atoms with Gasteiger partial charge in [0.1, 0.15) is 0 Å². The summed E-state index contributed by atoms with van der Waals surface area (Å²) in [5.74, 6) is -0.294. The van der Waals surface area contributed by atoms with E-state index in [1.165, 1.54) is 27.7 Å². The maximum absolute atomic E-state index is 5.89. The largest absolute Gasteiger partial charge is 0.348 e. The standard InChI is InChI=1S/C20H22N2O2/c1-14-11-16-13-21-12-15-3-2-4-18(19(15)16)22(14)17-5-7-20(8-6-17)23-9-10-24-20/h2-4,11-13,17H,5-10H2,1H3. The first-order valence-corrected chi connectivity index (χ1v) is 8.88. The average molecular weight is 322 g/mol. The molecule has 3 aliphatic rings. The highest BCUT2D eigenvalue weighted by molar-refractivity contribution is 6.03. The van der Waals surface area contributed by atoms with Gasteiger partial charge in [0, 0.05) is 59.0 Å². The van der Waals surface area contributed by atoms with Crippen molar-refractivity contribution in [3.8, 4) is 0 Å². The molecule has 124 valence electrons. The van der Waals surface area contributed by atoms with Crippen LogP contribution >= 0.6 is 0 Å². The average Bonchev–Trinajstić information content (AvgIpc) is 3.05. The van der Waals surface area contributed by atoms with E-state index in [0.717, 1.165) is 38.9 Å². The van der Waals surface area contributed by atoms with Crippen molar-refractivity contribution in [1.29, 1.82) is 0 Å². The van der Waals surface area contributed by atoms with Crippen LogP contribution in [0.15, 0.2) is 36.3 Å². The van der Waals surface area contributed by atoms with Crippen molar-refractivity contribution in [3.05, 3.63) is 41.9 Å². The first-order chi connectivity index (χ1) is 11.8. The Kier molecular flexibility index (Phi) is 3.19. The highest BCUT2D eigenvalue weighted by atomic mass is 16.7. The molecule has 1 spiro atoms. The van der Waals surface area contributed by atoms with E-state index < -0.39 is 0 Å². The number of anilines is 1. The molecule has 1 aromatic heterocycles. The molecule has 3 heterocycles. The highest BCUT2D eigenvalue weighted by Gasteiger charge is 2.42. The number of nitrogens with zero attached hydrogens (tertiary/aromatic N) is 2. The number of pyridine rings is 1. The number of aromatic nitrogens is 1. The van der Waals surface area contributed by atoms with Crippen LogP contribution in [0.1, 0.15) is 38.2 Å². The van der Waals surface area contributed by atoms with Crippen molar-refractivity contribution < 1.29 is 9.47 Å². The Morgan fingerprint density at radius 1 is 1.12 bits per heavy atom. The zero-order valence-corrected chi connectivity index (χ0v) is 14.0. The Balaban J connectivity index is 1.51. The normalized spacial score (nSPS) is 23.0. The van der Waals surface area contributed by atoms with Gasteiger partial charge >= 0.3 is 0 Å². The maximum Gasteiger partial charge on any atom is 0.168 e. The molecule has 4 heteroatoms. The van der Waals surface area contributed by atoms with Gasteiger partial charge in [-0.15, -0.1) is 0 Å². The number of ether oxygens (including phenoxy) is 2. The van der Waals surface area contributed by atoms with Crippen molar-refractivity contribution in [2.75, 3.05) is 18.1 Å². The number of allylic oxidation sites excluding steroid dienone is 1. The first-order valence-electron chi connectivity index (χ1n) is 8.88. The van der Waals surface area contributed by atoms with E-state index in [4.69, 9.17) is 9.47 Å². The van der Waals surface area contributed by atoms with Crippen LogP contribution in [-0.2, 0) is 9.47 Å². The lowest BCUT2D eigenvalue weighted by Gasteiger charge is -2.43. The predicted octanol–water partition coefficient (Wildman–Crippen LogP) is 4.10. The molecule has 4 nitrogen and oxygen atoms in total. The Hall–Kier alpha value is -1.91. The quantitative estimate of drug-likeness (QED) is 0.791. The Morgan fingerprint density at radius 2 is 1.92 bits per heavy atom. The SMILES string of the molecule is CC1=Cc2cncc3cccc(c23)N1C1CCC2(CC1)OCCO2. The van der Waals surface area contributed by atoms with Gasteiger partial charge in [0.15, 0.2) is 5.79 Å². The minimum absolute atomic E-state index is 0.294. The summed E-state index contributed by atoms with van der Waals surface area (Å²) in [6, 6.07) is 7.04. The van der Waals surface area contributed by atoms with Crippen LogP contribution in [0.5, 0.6) is 0 Å². The molecule has 0 atom stereocenters. The molecular formula is C20H22N2O2. The van der Waals surface area contributed by atoms with Gasteiger partial charge in [-0.3, -0.25) is 4.98 Å². The molecule has 0 radical (unpaired) electrons. The molecule has 2 aliphatic heterocycles. The van der Waals surface area contributed by atoms with Gasteiger partial charge in [0.2, 0.25) is 0 Å². The third-order valence-electron chi connectivity index (χ3n) is 5.69. The molecule has 1 aliphatic carbocycles. The van der Waals surface area contributed by atoms with Crippen molar-refractivity contribution in [2.45, 2.75) is 44.4 Å². The smallest absolute Gasteiger partial charge is 0.168 e. The molecule has 2 aromatic rings. The van der Waals surface area contributed by atoms with Gasteiger partial charge in [-0.2, -0.15) is 0 Å². The molecule has 1 saturated heterocycles. The summed E-state index contributed by atoms with van der Waals surface area (Å²) < 4.78 is 11.8. The first kappa shape index (κ1) is 14.4. The third-order valence-corrected chi connectivity index (χ3v) is 5.69. The van der Waals surface area contributed by atoms with Crippen molar-refractivity contribution in [3.63, 3.8) is 0 Å². The summed E-state index contributed by atoms with van der Waals surface area (Å²) in [4.78, 5) is 6.91. The monoisotopic (exact) mass is 322 g/mol. The van der Waals surface area contributed by atoms with E-state index in [0.29, 0.717) is 6.04 Å². The Bertz CT molecular complexity index is 808. The third kappa shape index (κ3) is 2.10. The lowest BCUT2D eigenvalue weighted by atomic mass is 9.87. The molecule has 0 amide bonds. The number of benzene rings is 1. The van der Waals surface area contributed by atoms with Crippen LogP contribution in [0.25, 0.3) is 16.8 Å². The molecule has 0 bridgehead atoms. The lowest BCUT2D eigenvalue weighted by Crippen LogP contribution is -2.44. The number of hydrogen-bond donors (Lipinski definition) is 0. The summed E-state index contributed by atoms with van der Waals surface area (Å²) in [6.07, 6.45) is 10.4. The summed E-state index contributed by atoms with van der Waals surface area (Å²) in [6.45, 7) is 3.70. The summed E-state index contributed by atoms with van der Waals surface area (Å²) in [7, 11) is 0. The van der Waals surface area contributed by atoms with E-state index in [1.54, 1.807) is 0 Å². The zero-order chi connectivity index (χ0) is 16.1. The second kappa shape index (κ2) is 5.30. The van der Waals surface area contributed by atoms with Crippen LogP contribution in [0, 0.1) is 0 Å². The fourth-order valence-electron chi connectivity index (χ4n) is 4.61. The lowest BCUT2D eigenvalue weighted by molar-refractivity contribution is -0.178. The molecule has 0 unspecified atom stereocenters. The molecule has 24 heavy (non-hydrogen) atoms. The van der Waals surface area contributed by atoms with E-state index in [9.17, 15) is 0 Å². The van der Waals surface area contributed by atoms with Crippen molar-refractivity contribution >= 4 is 22.5 Å². The van der Waals surface area contributed by atoms with Crippen LogP contribution in [-0.4, -0.2) is 30.0 Å². The van der Waals surface area contributed by atoms with Gasteiger partial charge < -0.3 is 14.4 Å². The second-order valence-electron chi connectivity index (χ2n) is 7.10. The highest BCUT2D eigenvalue weighted by Crippen LogP contribution is 2.43. The maximum atomic E-state index is 5.89. The summed E-state index contributed by atoms with van der Waals surface area (Å²) >= 11 is 0. The van der Waals surface area contributed by atoms with Crippen LogP contribution in [0.3, 0.4) is 0 Å². The fraction of sp³-hybridized carbons (Fsp3) is 0.450. The van der Waals surface area contributed by atoms with E-state index in [2.05, 4.69) is 41.1 Å². The Morgan fingerprint density at radius 3 is 2.71 bits per heavy atom. The molecule has 5 rings (SSSR count). The minimum Gasteiger partial charge on any atom is -0.348 e. The van der Waals surface area contributed by atoms with Crippen LogP contribution in [0.2, 0.25) is 0 Å². The van der Waals surface area contributed by atoms with Gasteiger partial charge in [-0.25, -0.2) is 0 Å². The number of rotatable bonds is 1. The van der Waals surface area contributed by atoms with Gasteiger partial charge in [-0.05, 0) is 31.9 Å².